The number of hydrogen-bond acceptors (Lipinski definition) is 3. The first-order valence-electron chi connectivity index (χ1n) is 6.46. The van der Waals surface area contributed by atoms with E-state index in [1.165, 1.54) is 12.8 Å². The van der Waals surface area contributed by atoms with Gasteiger partial charge in [-0.1, -0.05) is 6.92 Å². The minimum atomic E-state index is -0.426. The predicted molar refractivity (Wildman–Crippen MR) is 64.0 cm³/mol. The van der Waals surface area contributed by atoms with E-state index in [1.54, 1.807) is 0 Å². The summed E-state index contributed by atoms with van der Waals surface area (Å²) in [7, 11) is 0. The SMILES string of the molecule is CCN1CCCC(NC2CC2)(C(N)=O)CC1. The molecule has 0 radical (unpaired) electrons. The van der Waals surface area contributed by atoms with Crippen molar-refractivity contribution in [2.45, 2.75) is 50.6 Å². The van der Waals surface area contributed by atoms with Gasteiger partial charge in [-0.2, -0.15) is 0 Å². The lowest BCUT2D eigenvalue weighted by molar-refractivity contribution is -0.125. The van der Waals surface area contributed by atoms with E-state index in [-0.39, 0.29) is 5.91 Å². The zero-order valence-electron chi connectivity index (χ0n) is 10.2. The van der Waals surface area contributed by atoms with Crippen molar-refractivity contribution >= 4 is 5.91 Å². The first-order valence-corrected chi connectivity index (χ1v) is 6.46. The van der Waals surface area contributed by atoms with Gasteiger partial charge in [-0.3, -0.25) is 4.79 Å². The standard InChI is InChI=1S/C12H23N3O/c1-2-15-8-3-6-12(7-9-15,11(13)16)14-10-4-5-10/h10,14H,2-9H2,1H3,(H2,13,16). The highest BCUT2D eigenvalue weighted by Gasteiger charge is 2.41. The Morgan fingerprint density at radius 2 is 2.19 bits per heavy atom. The molecule has 0 bridgehead atoms. The van der Waals surface area contributed by atoms with Crippen LogP contribution in [0.15, 0.2) is 0 Å². The van der Waals surface area contributed by atoms with Crippen molar-refractivity contribution in [3.63, 3.8) is 0 Å². The van der Waals surface area contributed by atoms with Gasteiger partial charge in [0.25, 0.3) is 0 Å². The van der Waals surface area contributed by atoms with Crippen molar-refractivity contribution in [1.82, 2.24) is 10.2 Å². The topological polar surface area (TPSA) is 58.4 Å². The maximum absolute atomic E-state index is 11.7. The molecule has 3 N–H and O–H groups in total. The molecule has 0 aromatic rings. The molecule has 1 unspecified atom stereocenters. The summed E-state index contributed by atoms with van der Waals surface area (Å²) >= 11 is 0. The molecule has 1 amide bonds. The van der Waals surface area contributed by atoms with E-state index in [0.29, 0.717) is 6.04 Å². The number of rotatable bonds is 4. The van der Waals surface area contributed by atoms with E-state index in [0.717, 1.165) is 38.9 Å². The van der Waals surface area contributed by atoms with Crippen molar-refractivity contribution in [3.05, 3.63) is 0 Å². The fourth-order valence-electron chi connectivity index (χ4n) is 2.59. The smallest absolute Gasteiger partial charge is 0.237 e. The van der Waals surface area contributed by atoms with Gasteiger partial charge in [-0.25, -0.2) is 0 Å². The molecule has 0 aromatic heterocycles. The Morgan fingerprint density at radius 1 is 1.44 bits per heavy atom. The Hall–Kier alpha value is -0.610. The largest absolute Gasteiger partial charge is 0.368 e. The Morgan fingerprint density at radius 3 is 2.75 bits per heavy atom. The molecule has 0 spiro atoms. The number of carbonyl (C=O) groups excluding carboxylic acids is 1. The lowest BCUT2D eigenvalue weighted by atomic mass is 9.89. The van der Waals surface area contributed by atoms with Gasteiger partial charge in [0, 0.05) is 12.6 Å². The van der Waals surface area contributed by atoms with Crippen LogP contribution in [0, 0.1) is 0 Å². The number of nitrogens with two attached hydrogens (primary N) is 1. The number of primary amides is 1. The summed E-state index contributed by atoms with van der Waals surface area (Å²) in [6.45, 7) is 5.32. The number of amides is 1. The minimum Gasteiger partial charge on any atom is -0.368 e. The van der Waals surface area contributed by atoms with Crippen LogP contribution in [0.5, 0.6) is 0 Å². The third-order valence-corrected chi connectivity index (χ3v) is 3.91. The van der Waals surface area contributed by atoms with Gasteiger partial charge < -0.3 is 16.0 Å². The van der Waals surface area contributed by atoms with Crippen LogP contribution in [0.2, 0.25) is 0 Å². The van der Waals surface area contributed by atoms with Crippen LogP contribution in [-0.4, -0.2) is 42.0 Å². The molecule has 4 nitrogen and oxygen atoms in total. The minimum absolute atomic E-state index is 0.155. The van der Waals surface area contributed by atoms with E-state index in [4.69, 9.17) is 5.73 Å². The van der Waals surface area contributed by atoms with Gasteiger partial charge in [0.2, 0.25) is 5.91 Å². The zero-order chi connectivity index (χ0) is 11.6. The molecule has 1 aliphatic carbocycles. The molecule has 1 aliphatic heterocycles. The van der Waals surface area contributed by atoms with Crippen molar-refractivity contribution < 1.29 is 4.79 Å². The quantitative estimate of drug-likeness (QED) is 0.731. The second-order valence-electron chi connectivity index (χ2n) is 5.15. The van der Waals surface area contributed by atoms with Crippen LogP contribution in [0.3, 0.4) is 0 Å². The predicted octanol–water partition coefficient (Wildman–Crippen LogP) is 0.468. The highest BCUT2D eigenvalue weighted by atomic mass is 16.1. The average molecular weight is 225 g/mol. The number of hydrogen-bond donors (Lipinski definition) is 2. The lowest BCUT2D eigenvalue weighted by Crippen LogP contribution is -2.56. The normalized spacial score (nSPS) is 32.3. The van der Waals surface area contributed by atoms with E-state index in [2.05, 4.69) is 17.1 Å². The van der Waals surface area contributed by atoms with Crippen LogP contribution in [0.25, 0.3) is 0 Å². The Kier molecular flexibility index (Phi) is 3.50. The second kappa shape index (κ2) is 4.72. The van der Waals surface area contributed by atoms with Crippen LogP contribution in [0.4, 0.5) is 0 Å². The molecule has 1 atom stereocenters. The molecule has 4 heteroatoms. The molecule has 16 heavy (non-hydrogen) atoms. The van der Waals surface area contributed by atoms with Gasteiger partial charge in [0.15, 0.2) is 0 Å². The summed E-state index contributed by atoms with van der Waals surface area (Å²) in [6.07, 6.45) is 5.23. The molecular weight excluding hydrogens is 202 g/mol. The van der Waals surface area contributed by atoms with E-state index in [9.17, 15) is 4.79 Å². The number of nitrogens with one attached hydrogen (secondary N) is 1. The maximum atomic E-state index is 11.7. The maximum Gasteiger partial charge on any atom is 0.237 e. The van der Waals surface area contributed by atoms with Crippen LogP contribution in [-0.2, 0) is 4.79 Å². The summed E-state index contributed by atoms with van der Waals surface area (Å²) in [5, 5.41) is 3.49. The van der Waals surface area contributed by atoms with E-state index in [1.807, 2.05) is 0 Å². The molecule has 1 saturated carbocycles. The second-order valence-corrected chi connectivity index (χ2v) is 5.15. The first kappa shape index (κ1) is 11.9. The molecule has 1 saturated heterocycles. The number of nitrogens with zero attached hydrogens (tertiary/aromatic N) is 1. The van der Waals surface area contributed by atoms with Crippen molar-refractivity contribution in [3.8, 4) is 0 Å². The highest BCUT2D eigenvalue weighted by molar-refractivity contribution is 5.84. The number of carbonyl (C=O) groups is 1. The molecule has 92 valence electrons. The van der Waals surface area contributed by atoms with Crippen molar-refractivity contribution in [2.24, 2.45) is 5.73 Å². The Bertz CT molecular complexity index is 265. The van der Waals surface area contributed by atoms with E-state index < -0.39 is 5.54 Å². The average Bonchev–Trinajstić information content (AvgIpc) is 3.06. The molecule has 2 fully saturated rings. The fraction of sp³-hybridized carbons (Fsp3) is 0.917. The summed E-state index contributed by atoms with van der Waals surface area (Å²) in [4.78, 5) is 14.1. The zero-order valence-corrected chi connectivity index (χ0v) is 10.2. The fourth-order valence-corrected chi connectivity index (χ4v) is 2.59. The Balaban J connectivity index is 2.02. The lowest BCUT2D eigenvalue weighted by Gasteiger charge is -2.31. The van der Waals surface area contributed by atoms with Gasteiger partial charge in [-0.05, 0) is 45.2 Å². The third kappa shape index (κ3) is 2.55. The van der Waals surface area contributed by atoms with Gasteiger partial charge in [0.05, 0.1) is 5.54 Å². The first-order chi connectivity index (χ1) is 7.66. The highest BCUT2D eigenvalue weighted by Crippen LogP contribution is 2.28. The number of likely N-dealkylation sites (tertiary alicyclic amines) is 1. The van der Waals surface area contributed by atoms with Crippen LogP contribution in [0.1, 0.15) is 39.0 Å². The summed E-state index contributed by atoms with van der Waals surface area (Å²) in [5.74, 6) is -0.155. The third-order valence-electron chi connectivity index (χ3n) is 3.91. The van der Waals surface area contributed by atoms with E-state index >= 15 is 0 Å². The van der Waals surface area contributed by atoms with Crippen molar-refractivity contribution in [1.29, 1.82) is 0 Å². The molecule has 2 aliphatic rings. The van der Waals surface area contributed by atoms with Crippen LogP contribution >= 0.6 is 0 Å². The van der Waals surface area contributed by atoms with Gasteiger partial charge >= 0.3 is 0 Å². The molecule has 0 aromatic carbocycles. The molecular formula is C12H23N3O. The van der Waals surface area contributed by atoms with Gasteiger partial charge in [-0.15, -0.1) is 0 Å². The molecule has 1 heterocycles. The summed E-state index contributed by atoms with van der Waals surface area (Å²) in [6, 6.07) is 0.542. The summed E-state index contributed by atoms with van der Waals surface area (Å²) in [5.41, 5.74) is 5.19. The van der Waals surface area contributed by atoms with Crippen molar-refractivity contribution in [2.75, 3.05) is 19.6 Å². The Labute approximate surface area is 97.6 Å². The summed E-state index contributed by atoms with van der Waals surface area (Å²) < 4.78 is 0. The van der Waals surface area contributed by atoms with Crippen LogP contribution < -0.4 is 11.1 Å². The molecule has 2 rings (SSSR count). The monoisotopic (exact) mass is 225 g/mol. The van der Waals surface area contributed by atoms with Gasteiger partial charge in [0.1, 0.15) is 0 Å².